The monoisotopic (exact) mass is 279 g/mol. The maximum absolute atomic E-state index is 6.12. The first-order valence-electron chi connectivity index (χ1n) is 5.15. The number of benzene rings is 1. The zero-order chi connectivity index (χ0) is 11.5. The molecule has 0 bridgehead atoms. The Kier molecular flexibility index (Phi) is 3.41. The predicted molar refractivity (Wildman–Crippen MR) is 68.0 cm³/mol. The van der Waals surface area contributed by atoms with Crippen LogP contribution in [0.15, 0.2) is 41.0 Å². The van der Waals surface area contributed by atoms with Gasteiger partial charge in [-0.1, -0.05) is 28.1 Å². The lowest BCUT2D eigenvalue weighted by atomic mass is 10.0. The summed E-state index contributed by atoms with van der Waals surface area (Å²) in [5, 5.41) is 4.32. The highest BCUT2D eigenvalue weighted by molar-refractivity contribution is 9.10. The summed E-state index contributed by atoms with van der Waals surface area (Å²) in [6, 6.07) is 10.1. The molecule has 0 aliphatic rings. The molecule has 0 saturated heterocycles. The lowest BCUT2D eigenvalue weighted by molar-refractivity contribution is 0.675. The summed E-state index contributed by atoms with van der Waals surface area (Å²) in [4.78, 5) is 0. The van der Waals surface area contributed by atoms with Crippen LogP contribution in [0.3, 0.4) is 0 Å². The van der Waals surface area contributed by atoms with Crippen LogP contribution in [0.25, 0.3) is 0 Å². The van der Waals surface area contributed by atoms with Crippen molar-refractivity contribution in [3.8, 4) is 0 Å². The average molecular weight is 280 g/mol. The fourth-order valence-electron chi connectivity index (χ4n) is 1.63. The molecule has 1 atom stereocenters. The Morgan fingerprint density at radius 1 is 1.31 bits per heavy atom. The number of halogens is 1. The van der Waals surface area contributed by atoms with E-state index in [1.165, 1.54) is 0 Å². The summed E-state index contributed by atoms with van der Waals surface area (Å²) < 4.78 is 2.87. The molecule has 84 valence electrons. The molecular weight excluding hydrogens is 266 g/mol. The number of rotatable bonds is 3. The van der Waals surface area contributed by atoms with E-state index in [1.807, 2.05) is 43.6 Å². The van der Waals surface area contributed by atoms with Gasteiger partial charge in [0.15, 0.2) is 0 Å². The van der Waals surface area contributed by atoms with Crippen LogP contribution in [0.5, 0.6) is 0 Å². The number of aryl methyl sites for hydroxylation is 1. The van der Waals surface area contributed by atoms with Gasteiger partial charge in [0.1, 0.15) is 0 Å². The highest BCUT2D eigenvalue weighted by atomic mass is 79.9. The fraction of sp³-hybridized carbons (Fsp3) is 0.250. The van der Waals surface area contributed by atoms with Crippen LogP contribution < -0.4 is 5.73 Å². The Balaban J connectivity index is 2.08. The lowest BCUT2D eigenvalue weighted by Crippen LogP contribution is -2.13. The molecule has 3 nitrogen and oxygen atoms in total. The van der Waals surface area contributed by atoms with Crippen molar-refractivity contribution in [2.45, 2.75) is 12.5 Å². The maximum Gasteiger partial charge on any atom is 0.0643 e. The zero-order valence-corrected chi connectivity index (χ0v) is 10.7. The van der Waals surface area contributed by atoms with Gasteiger partial charge in [0.05, 0.1) is 5.69 Å². The van der Waals surface area contributed by atoms with E-state index < -0.39 is 0 Å². The minimum absolute atomic E-state index is 0.00278. The topological polar surface area (TPSA) is 43.8 Å². The van der Waals surface area contributed by atoms with Gasteiger partial charge in [0.25, 0.3) is 0 Å². The van der Waals surface area contributed by atoms with Crippen molar-refractivity contribution >= 4 is 15.9 Å². The third-order valence-electron chi connectivity index (χ3n) is 2.50. The molecule has 0 fully saturated rings. The third-order valence-corrected chi connectivity index (χ3v) is 3.02. The van der Waals surface area contributed by atoms with Gasteiger partial charge in [-0.05, 0) is 23.8 Å². The quantitative estimate of drug-likeness (QED) is 0.938. The molecule has 2 rings (SSSR count). The first-order valence-corrected chi connectivity index (χ1v) is 5.94. The van der Waals surface area contributed by atoms with Crippen LogP contribution in [-0.4, -0.2) is 9.78 Å². The van der Waals surface area contributed by atoms with Crippen molar-refractivity contribution in [2.75, 3.05) is 0 Å². The Bertz CT molecular complexity index is 461. The van der Waals surface area contributed by atoms with Crippen molar-refractivity contribution < 1.29 is 0 Å². The number of hydrogen-bond donors (Lipinski definition) is 1. The summed E-state index contributed by atoms with van der Waals surface area (Å²) in [5.41, 5.74) is 8.28. The number of hydrogen-bond acceptors (Lipinski definition) is 2. The minimum atomic E-state index is 0.00278. The molecule has 2 N–H and O–H groups in total. The number of aromatic nitrogens is 2. The molecular formula is C12H14BrN3. The van der Waals surface area contributed by atoms with Crippen LogP contribution >= 0.6 is 15.9 Å². The molecule has 1 heterocycles. The van der Waals surface area contributed by atoms with E-state index in [-0.39, 0.29) is 6.04 Å². The Hall–Kier alpha value is -1.13. The highest BCUT2D eigenvalue weighted by Gasteiger charge is 2.08. The van der Waals surface area contributed by atoms with E-state index >= 15 is 0 Å². The smallest absolute Gasteiger partial charge is 0.0643 e. The molecule has 0 saturated carbocycles. The molecule has 2 aromatic rings. The Morgan fingerprint density at radius 3 is 2.56 bits per heavy atom. The van der Waals surface area contributed by atoms with E-state index in [1.54, 1.807) is 4.68 Å². The van der Waals surface area contributed by atoms with Gasteiger partial charge < -0.3 is 5.73 Å². The van der Waals surface area contributed by atoms with E-state index in [9.17, 15) is 0 Å². The van der Waals surface area contributed by atoms with Gasteiger partial charge in [-0.25, -0.2) is 0 Å². The summed E-state index contributed by atoms with van der Waals surface area (Å²) in [6.45, 7) is 0. The standard InChI is InChI=1S/C12H14BrN3/c1-16-7-6-11(15-16)8-12(14)9-2-4-10(13)5-3-9/h2-7,12H,8,14H2,1H3. The first kappa shape index (κ1) is 11.4. The SMILES string of the molecule is Cn1ccc(CC(N)c2ccc(Br)cc2)n1. The summed E-state index contributed by atoms with van der Waals surface area (Å²) >= 11 is 3.41. The van der Waals surface area contributed by atoms with Gasteiger partial charge in [-0.15, -0.1) is 0 Å². The number of nitrogens with two attached hydrogens (primary N) is 1. The van der Waals surface area contributed by atoms with Gasteiger partial charge in [-0.2, -0.15) is 5.10 Å². The molecule has 4 heteroatoms. The van der Waals surface area contributed by atoms with Crippen LogP contribution in [0.2, 0.25) is 0 Å². The van der Waals surface area contributed by atoms with E-state index in [0.29, 0.717) is 0 Å². The van der Waals surface area contributed by atoms with E-state index in [0.717, 1.165) is 22.2 Å². The summed E-state index contributed by atoms with van der Waals surface area (Å²) in [7, 11) is 1.91. The Labute approximate surface area is 103 Å². The second-order valence-corrected chi connectivity index (χ2v) is 4.76. The van der Waals surface area contributed by atoms with Gasteiger partial charge >= 0.3 is 0 Å². The van der Waals surface area contributed by atoms with Crippen molar-refractivity contribution in [1.82, 2.24) is 9.78 Å². The molecule has 1 aromatic carbocycles. The van der Waals surface area contributed by atoms with Crippen molar-refractivity contribution in [2.24, 2.45) is 12.8 Å². The third kappa shape index (κ3) is 2.71. The van der Waals surface area contributed by atoms with Crippen LogP contribution in [0, 0.1) is 0 Å². The van der Waals surface area contributed by atoms with Crippen molar-refractivity contribution in [3.63, 3.8) is 0 Å². The van der Waals surface area contributed by atoms with E-state index in [4.69, 9.17) is 5.73 Å². The van der Waals surface area contributed by atoms with Gasteiger partial charge in [0.2, 0.25) is 0 Å². The summed E-state index contributed by atoms with van der Waals surface area (Å²) in [6.07, 6.45) is 2.70. The van der Waals surface area contributed by atoms with Crippen molar-refractivity contribution in [1.29, 1.82) is 0 Å². The van der Waals surface area contributed by atoms with Crippen LogP contribution in [0.4, 0.5) is 0 Å². The minimum Gasteiger partial charge on any atom is -0.324 e. The highest BCUT2D eigenvalue weighted by Crippen LogP contribution is 2.17. The zero-order valence-electron chi connectivity index (χ0n) is 9.10. The molecule has 0 amide bonds. The van der Waals surface area contributed by atoms with Crippen molar-refractivity contribution in [3.05, 3.63) is 52.3 Å². The van der Waals surface area contributed by atoms with Crippen LogP contribution in [0.1, 0.15) is 17.3 Å². The summed E-state index contributed by atoms with van der Waals surface area (Å²) in [5.74, 6) is 0. The molecule has 1 aromatic heterocycles. The molecule has 1 unspecified atom stereocenters. The number of nitrogens with zero attached hydrogens (tertiary/aromatic N) is 2. The van der Waals surface area contributed by atoms with Crippen LogP contribution in [-0.2, 0) is 13.5 Å². The van der Waals surface area contributed by atoms with E-state index in [2.05, 4.69) is 21.0 Å². The van der Waals surface area contributed by atoms with Gasteiger partial charge in [0, 0.05) is 30.2 Å². The molecule has 0 aliphatic heterocycles. The molecule has 0 aliphatic carbocycles. The first-order chi connectivity index (χ1) is 7.65. The lowest BCUT2D eigenvalue weighted by Gasteiger charge is -2.10. The maximum atomic E-state index is 6.12. The average Bonchev–Trinajstić information content (AvgIpc) is 2.65. The Morgan fingerprint density at radius 2 is 2.00 bits per heavy atom. The molecule has 0 spiro atoms. The van der Waals surface area contributed by atoms with Gasteiger partial charge in [-0.3, -0.25) is 4.68 Å². The second-order valence-electron chi connectivity index (χ2n) is 3.84. The second kappa shape index (κ2) is 4.80. The molecule has 16 heavy (non-hydrogen) atoms. The predicted octanol–water partition coefficient (Wildman–Crippen LogP) is 2.43. The molecule has 0 radical (unpaired) electrons. The normalized spacial score (nSPS) is 12.7. The largest absolute Gasteiger partial charge is 0.324 e. The fourth-order valence-corrected chi connectivity index (χ4v) is 1.89.